The smallest absolute Gasteiger partial charge is 0.243 e. The topological polar surface area (TPSA) is 50.4 Å². The van der Waals surface area contributed by atoms with Gasteiger partial charge >= 0.3 is 0 Å². The minimum Gasteiger partial charge on any atom is -0.378 e. The van der Waals surface area contributed by atoms with E-state index in [-0.39, 0.29) is 24.4 Å². The standard InChI is InChI=1S/C20H24N2O2.ClH/c23-20(19-15-24-13-12-21-19)22-18-11-5-10-17(14-18)9-4-8-16-6-2-1-3-7-16;/h1-3,5-7,10-11,14,19,21H,4,8-9,12-13,15H2,(H,22,23);1H. The Morgan fingerprint density at radius 3 is 2.60 bits per heavy atom. The van der Waals surface area contributed by atoms with Crippen molar-refractivity contribution in [2.45, 2.75) is 25.3 Å². The van der Waals surface area contributed by atoms with E-state index in [4.69, 9.17) is 4.74 Å². The number of aryl methyl sites for hydroxylation is 2. The van der Waals surface area contributed by atoms with Gasteiger partial charge in [0.15, 0.2) is 0 Å². The van der Waals surface area contributed by atoms with Crippen LogP contribution in [0.15, 0.2) is 54.6 Å². The van der Waals surface area contributed by atoms with Crippen LogP contribution >= 0.6 is 12.4 Å². The Morgan fingerprint density at radius 2 is 1.84 bits per heavy atom. The van der Waals surface area contributed by atoms with Crippen molar-refractivity contribution < 1.29 is 9.53 Å². The summed E-state index contributed by atoms with van der Waals surface area (Å²) in [6.07, 6.45) is 3.17. The van der Waals surface area contributed by atoms with Crippen LogP contribution in [-0.2, 0) is 22.4 Å². The van der Waals surface area contributed by atoms with Crippen molar-refractivity contribution in [2.24, 2.45) is 0 Å². The number of amides is 1. The van der Waals surface area contributed by atoms with E-state index in [1.54, 1.807) is 0 Å². The normalized spacial score (nSPS) is 16.7. The molecule has 0 saturated carbocycles. The van der Waals surface area contributed by atoms with E-state index in [1.165, 1.54) is 11.1 Å². The summed E-state index contributed by atoms with van der Waals surface area (Å²) in [6, 6.07) is 18.4. The van der Waals surface area contributed by atoms with Crippen molar-refractivity contribution in [3.63, 3.8) is 0 Å². The van der Waals surface area contributed by atoms with Crippen molar-refractivity contribution in [2.75, 3.05) is 25.1 Å². The third-order valence-corrected chi connectivity index (χ3v) is 4.21. The molecular weight excluding hydrogens is 336 g/mol. The van der Waals surface area contributed by atoms with Crippen molar-refractivity contribution >= 4 is 24.0 Å². The summed E-state index contributed by atoms with van der Waals surface area (Å²) in [4.78, 5) is 12.2. The number of rotatable bonds is 6. The van der Waals surface area contributed by atoms with Gasteiger partial charge in [0.1, 0.15) is 6.04 Å². The van der Waals surface area contributed by atoms with Gasteiger partial charge in [0.25, 0.3) is 0 Å². The zero-order valence-electron chi connectivity index (χ0n) is 14.2. The van der Waals surface area contributed by atoms with Gasteiger partial charge in [0.2, 0.25) is 5.91 Å². The molecule has 1 unspecified atom stereocenters. The first kappa shape index (κ1) is 19.4. The Balaban J connectivity index is 0.00000225. The molecule has 134 valence electrons. The van der Waals surface area contributed by atoms with Gasteiger partial charge in [-0.15, -0.1) is 12.4 Å². The fourth-order valence-corrected chi connectivity index (χ4v) is 2.91. The molecule has 0 aromatic heterocycles. The van der Waals surface area contributed by atoms with Gasteiger partial charge < -0.3 is 15.4 Å². The Kier molecular flexibility index (Phi) is 7.92. The highest BCUT2D eigenvalue weighted by Gasteiger charge is 2.21. The quantitative estimate of drug-likeness (QED) is 0.831. The third kappa shape index (κ3) is 6.16. The first-order chi connectivity index (χ1) is 11.8. The summed E-state index contributed by atoms with van der Waals surface area (Å²) >= 11 is 0. The summed E-state index contributed by atoms with van der Waals surface area (Å²) in [6.45, 7) is 1.82. The van der Waals surface area contributed by atoms with Crippen LogP contribution in [0.5, 0.6) is 0 Å². The number of nitrogens with one attached hydrogen (secondary N) is 2. The van der Waals surface area contributed by atoms with Crippen LogP contribution < -0.4 is 10.6 Å². The summed E-state index contributed by atoms with van der Waals surface area (Å²) in [5.74, 6) is -0.0314. The zero-order valence-corrected chi connectivity index (χ0v) is 15.1. The summed E-state index contributed by atoms with van der Waals surface area (Å²) < 4.78 is 5.34. The highest BCUT2D eigenvalue weighted by molar-refractivity contribution is 5.95. The number of carbonyl (C=O) groups is 1. The van der Waals surface area contributed by atoms with Gasteiger partial charge in [-0.3, -0.25) is 4.79 Å². The van der Waals surface area contributed by atoms with Crippen LogP contribution in [0.2, 0.25) is 0 Å². The molecule has 1 saturated heterocycles. The lowest BCUT2D eigenvalue weighted by atomic mass is 10.0. The summed E-state index contributed by atoms with van der Waals surface area (Å²) in [5.41, 5.74) is 3.46. The molecular formula is C20H25ClN2O2. The number of ether oxygens (including phenoxy) is 1. The second-order valence-electron chi connectivity index (χ2n) is 6.11. The van der Waals surface area contributed by atoms with E-state index in [0.29, 0.717) is 13.2 Å². The molecule has 1 heterocycles. The lowest BCUT2D eigenvalue weighted by Crippen LogP contribution is -2.48. The monoisotopic (exact) mass is 360 g/mol. The molecule has 3 rings (SSSR count). The maximum Gasteiger partial charge on any atom is 0.243 e. The SMILES string of the molecule is Cl.O=C(Nc1cccc(CCCc2ccccc2)c1)C1COCCN1. The minimum absolute atomic E-state index is 0. The van der Waals surface area contributed by atoms with Crippen LogP contribution in [0, 0.1) is 0 Å². The Labute approximate surface area is 155 Å². The molecule has 0 radical (unpaired) electrons. The van der Waals surface area contributed by atoms with Crippen LogP contribution in [0.1, 0.15) is 17.5 Å². The van der Waals surface area contributed by atoms with E-state index in [1.807, 2.05) is 18.2 Å². The highest BCUT2D eigenvalue weighted by atomic mass is 35.5. The largest absolute Gasteiger partial charge is 0.378 e. The molecule has 2 N–H and O–H groups in total. The molecule has 0 bridgehead atoms. The molecule has 2 aromatic rings. The maximum absolute atomic E-state index is 12.2. The van der Waals surface area contributed by atoms with Crippen molar-refractivity contribution in [1.29, 1.82) is 0 Å². The van der Waals surface area contributed by atoms with Gasteiger partial charge in [-0.05, 0) is 42.5 Å². The molecule has 4 nitrogen and oxygen atoms in total. The number of halogens is 1. The predicted octanol–water partition coefficient (Wildman–Crippen LogP) is 3.21. The van der Waals surface area contributed by atoms with Gasteiger partial charge in [0.05, 0.1) is 13.2 Å². The molecule has 1 amide bonds. The Morgan fingerprint density at radius 1 is 1.08 bits per heavy atom. The molecule has 1 aliphatic heterocycles. The molecule has 1 atom stereocenters. The Hall–Kier alpha value is -1.88. The minimum atomic E-state index is -0.263. The average Bonchev–Trinajstić information content (AvgIpc) is 2.64. The molecule has 5 heteroatoms. The van der Waals surface area contributed by atoms with Gasteiger partial charge in [-0.1, -0.05) is 42.5 Å². The van der Waals surface area contributed by atoms with Crippen molar-refractivity contribution in [1.82, 2.24) is 5.32 Å². The third-order valence-electron chi connectivity index (χ3n) is 4.21. The van der Waals surface area contributed by atoms with E-state index in [9.17, 15) is 4.79 Å². The number of morpholine rings is 1. The first-order valence-electron chi connectivity index (χ1n) is 8.56. The first-order valence-corrected chi connectivity index (χ1v) is 8.56. The van der Waals surface area contributed by atoms with Gasteiger partial charge in [-0.25, -0.2) is 0 Å². The van der Waals surface area contributed by atoms with E-state index >= 15 is 0 Å². The predicted molar refractivity (Wildman–Crippen MR) is 103 cm³/mol. The van der Waals surface area contributed by atoms with E-state index in [0.717, 1.165) is 31.5 Å². The second kappa shape index (κ2) is 10.2. The van der Waals surface area contributed by atoms with E-state index < -0.39 is 0 Å². The van der Waals surface area contributed by atoms with Crippen LogP contribution in [0.4, 0.5) is 5.69 Å². The lowest BCUT2D eigenvalue weighted by molar-refractivity contribution is -0.120. The summed E-state index contributed by atoms with van der Waals surface area (Å²) in [7, 11) is 0. The van der Waals surface area contributed by atoms with Crippen LogP contribution in [0.25, 0.3) is 0 Å². The highest BCUT2D eigenvalue weighted by Crippen LogP contribution is 2.14. The second-order valence-corrected chi connectivity index (χ2v) is 6.11. The summed E-state index contributed by atoms with van der Waals surface area (Å²) in [5, 5.41) is 6.15. The van der Waals surface area contributed by atoms with Gasteiger partial charge in [-0.2, -0.15) is 0 Å². The number of anilines is 1. The molecule has 0 aliphatic carbocycles. The fourth-order valence-electron chi connectivity index (χ4n) is 2.91. The number of carbonyl (C=O) groups excluding carboxylic acids is 1. The lowest BCUT2D eigenvalue weighted by Gasteiger charge is -2.23. The van der Waals surface area contributed by atoms with Gasteiger partial charge in [0, 0.05) is 12.2 Å². The number of hydrogen-bond donors (Lipinski definition) is 2. The Bertz CT molecular complexity index is 658. The molecule has 2 aromatic carbocycles. The van der Waals surface area contributed by atoms with E-state index in [2.05, 4.69) is 47.0 Å². The molecule has 1 aliphatic rings. The van der Waals surface area contributed by atoms with Crippen LogP contribution in [-0.4, -0.2) is 31.7 Å². The van der Waals surface area contributed by atoms with Crippen molar-refractivity contribution in [3.8, 4) is 0 Å². The maximum atomic E-state index is 12.2. The molecule has 0 spiro atoms. The fraction of sp³-hybridized carbons (Fsp3) is 0.350. The van der Waals surface area contributed by atoms with Crippen LogP contribution in [0.3, 0.4) is 0 Å². The zero-order chi connectivity index (χ0) is 16.6. The molecule has 1 fully saturated rings. The number of benzene rings is 2. The van der Waals surface area contributed by atoms with Crippen molar-refractivity contribution in [3.05, 3.63) is 65.7 Å². The number of hydrogen-bond acceptors (Lipinski definition) is 3. The molecule has 25 heavy (non-hydrogen) atoms. The average molecular weight is 361 g/mol.